The van der Waals surface area contributed by atoms with Crippen molar-refractivity contribution in [2.75, 3.05) is 29.9 Å². The Kier molecular flexibility index (Phi) is 8.20. The SMILES string of the molecule is CCN(CC)c1ccc(-c2ccc3c(c2)SC2C=C(/C=C(\C#N)C(=O)CCC(=O)O)C=CC2N3C)cc1. The number of thioether (sulfide) groups is 1. The Morgan fingerprint density at radius 2 is 1.81 bits per heavy atom. The van der Waals surface area contributed by atoms with E-state index < -0.39 is 11.8 Å². The van der Waals surface area contributed by atoms with Crippen LogP contribution in [0.15, 0.2) is 82.8 Å². The molecule has 4 rings (SSSR count). The molecule has 0 saturated carbocycles. The van der Waals surface area contributed by atoms with Gasteiger partial charge in [0.15, 0.2) is 5.78 Å². The third-order valence-corrected chi connectivity index (χ3v) is 8.12. The number of carboxylic acid groups (broad SMARTS) is 1. The van der Waals surface area contributed by atoms with Gasteiger partial charge in [0.05, 0.1) is 29.0 Å². The summed E-state index contributed by atoms with van der Waals surface area (Å²) in [5.41, 5.74) is 5.50. The number of Topliss-reactive ketones (excluding diaryl/α,β-unsaturated/α-hetero) is 1. The summed E-state index contributed by atoms with van der Waals surface area (Å²) in [4.78, 5) is 28.9. The molecule has 2 aromatic rings. The predicted octanol–water partition coefficient (Wildman–Crippen LogP) is 5.86. The molecule has 0 amide bonds. The average molecular weight is 514 g/mol. The Bertz CT molecular complexity index is 1320. The first-order chi connectivity index (χ1) is 17.8. The van der Waals surface area contributed by atoms with Crippen LogP contribution in [0.25, 0.3) is 11.1 Å². The van der Waals surface area contributed by atoms with Crippen LogP contribution in [-0.4, -0.2) is 48.3 Å². The van der Waals surface area contributed by atoms with E-state index in [1.807, 2.05) is 12.1 Å². The molecule has 0 saturated heterocycles. The van der Waals surface area contributed by atoms with Gasteiger partial charge >= 0.3 is 5.97 Å². The van der Waals surface area contributed by atoms with Gasteiger partial charge in [-0.05, 0) is 60.9 Å². The summed E-state index contributed by atoms with van der Waals surface area (Å²) >= 11 is 1.78. The highest BCUT2D eigenvalue weighted by Gasteiger charge is 2.32. The summed E-state index contributed by atoms with van der Waals surface area (Å²) in [6, 6.07) is 17.4. The van der Waals surface area contributed by atoms with E-state index in [4.69, 9.17) is 5.11 Å². The Morgan fingerprint density at radius 1 is 1.11 bits per heavy atom. The summed E-state index contributed by atoms with van der Waals surface area (Å²) in [6.07, 6.45) is 7.22. The number of anilines is 2. The number of ketones is 1. The first-order valence-electron chi connectivity index (χ1n) is 12.5. The van der Waals surface area contributed by atoms with Crippen LogP contribution in [0.4, 0.5) is 11.4 Å². The monoisotopic (exact) mass is 513 g/mol. The highest BCUT2D eigenvalue weighted by atomic mass is 32.2. The van der Waals surface area contributed by atoms with Crippen LogP contribution >= 0.6 is 11.8 Å². The maximum absolute atomic E-state index is 12.3. The van der Waals surface area contributed by atoms with Gasteiger partial charge < -0.3 is 14.9 Å². The molecule has 6 nitrogen and oxygen atoms in total. The first-order valence-corrected chi connectivity index (χ1v) is 13.4. The van der Waals surface area contributed by atoms with Crippen molar-refractivity contribution < 1.29 is 14.7 Å². The van der Waals surface area contributed by atoms with Gasteiger partial charge in [-0.25, -0.2) is 0 Å². The highest BCUT2D eigenvalue weighted by Crippen LogP contribution is 2.45. The Labute approximate surface area is 222 Å². The van der Waals surface area contributed by atoms with Crippen molar-refractivity contribution in [1.29, 1.82) is 5.26 Å². The molecule has 0 aromatic heterocycles. The topological polar surface area (TPSA) is 84.6 Å². The molecule has 1 heterocycles. The number of carbonyl (C=O) groups is 2. The Balaban J connectivity index is 1.57. The molecule has 2 aliphatic rings. The van der Waals surface area contributed by atoms with Crippen LogP contribution in [0, 0.1) is 11.3 Å². The Morgan fingerprint density at radius 3 is 2.46 bits per heavy atom. The number of nitriles is 1. The lowest BCUT2D eigenvalue weighted by Crippen LogP contribution is -2.41. The zero-order valence-electron chi connectivity index (χ0n) is 21.3. The predicted molar refractivity (Wildman–Crippen MR) is 150 cm³/mol. The minimum Gasteiger partial charge on any atom is -0.481 e. The molecule has 7 heteroatoms. The van der Waals surface area contributed by atoms with Crippen molar-refractivity contribution in [2.45, 2.75) is 42.9 Å². The normalized spacial score (nSPS) is 18.4. The highest BCUT2D eigenvalue weighted by molar-refractivity contribution is 8.00. The minimum atomic E-state index is -1.05. The van der Waals surface area contributed by atoms with Crippen LogP contribution in [0.2, 0.25) is 0 Å². The molecule has 1 aliphatic heterocycles. The van der Waals surface area contributed by atoms with Gasteiger partial charge in [0.25, 0.3) is 0 Å². The number of carboxylic acids is 1. The molecule has 1 aliphatic carbocycles. The smallest absolute Gasteiger partial charge is 0.303 e. The zero-order chi connectivity index (χ0) is 26.5. The second-order valence-corrected chi connectivity index (χ2v) is 10.3. The number of benzene rings is 2. The number of nitrogens with zero attached hydrogens (tertiary/aromatic N) is 3. The van der Waals surface area contributed by atoms with Gasteiger partial charge in [-0.3, -0.25) is 9.59 Å². The number of hydrogen-bond acceptors (Lipinski definition) is 6. The van der Waals surface area contributed by atoms with E-state index in [9.17, 15) is 14.9 Å². The molecule has 0 fully saturated rings. The van der Waals surface area contributed by atoms with E-state index in [2.05, 4.69) is 85.3 Å². The molecule has 0 spiro atoms. The molecule has 0 radical (unpaired) electrons. The lowest BCUT2D eigenvalue weighted by Gasteiger charge is -2.40. The molecule has 190 valence electrons. The van der Waals surface area contributed by atoms with Crippen molar-refractivity contribution in [3.05, 3.63) is 77.9 Å². The van der Waals surface area contributed by atoms with E-state index in [0.717, 1.165) is 24.2 Å². The van der Waals surface area contributed by atoms with Gasteiger partial charge in [-0.15, -0.1) is 11.8 Å². The fourth-order valence-electron chi connectivity index (χ4n) is 4.75. The first kappa shape index (κ1) is 26.3. The number of carbonyl (C=O) groups excluding carboxylic acids is 1. The van der Waals surface area contributed by atoms with Gasteiger partial charge in [-0.2, -0.15) is 5.26 Å². The van der Waals surface area contributed by atoms with Gasteiger partial charge in [-0.1, -0.05) is 36.4 Å². The van der Waals surface area contributed by atoms with E-state index in [1.165, 1.54) is 21.8 Å². The number of rotatable bonds is 9. The van der Waals surface area contributed by atoms with Crippen molar-refractivity contribution in [2.24, 2.45) is 0 Å². The van der Waals surface area contributed by atoms with Crippen molar-refractivity contribution in [3.8, 4) is 17.2 Å². The third-order valence-electron chi connectivity index (χ3n) is 6.86. The molecule has 0 bridgehead atoms. The second-order valence-electron chi connectivity index (χ2n) is 9.10. The second kappa shape index (κ2) is 11.5. The summed E-state index contributed by atoms with van der Waals surface area (Å²) in [5.74, 6) is -1.50. The van der Waals surface area contributed by atoms with Crippen LogP contribution in [0.5, 0.6) is 0 Å². The van der Waals surface area contributed by atoms with Crippen molar-refractivity contribution >= 4 is 34.9 Å². The molecule has 1 N–H and O–H groups in total. The summed E-state index contributed by atoms with van der Waals surface area (Å²) in [6.45, 7) is 6.28. The van der Waals surface area contributed by atoms with Crippen molar-refractivity contribution in [3.63, 3.8) is 0 Å². The summed E-state index contributed by atoms with van der Waals surface area (Å²) in [7, 11) is 2.09. The number of likely N-dealkylation sites (N-methyl/N-ethyl adjacent to an activating group) is 1. The van der Waals surface area contributed by atoms with E-state index in [0.29, 0.717) is 0 Å². The summed E-state index contributed by atoms with van der Waals surface area (Å²) in [5, 5.41) is 18.4. The van der Waals surface area contributed by atoms with Crippen LogP contribution in [0.3, 0.4) is 0 Å². The van der Waals surface area contributed by atoms with Crippen molar-refractivity contribution in [1.82, 2.24) is 0 Å². The van der Waals surface area contributed by atoms with Gasteiger partial charge in [0.1, 0.15) is 6.07 Å². The molecular formula is C30H31N3O3S. The average Bonchev–Trinajstić information content (AvgIpc) is 2.91. The van der Waals surface area contributed by atoms with E-state index >= 15 is 0 Å². The fraction of sp³-hybridized carbons (Fsp3) is 0.300. The number of fused-ring (bicyclic) bond motifs is 2. The minimum absolute atomic E-state index is 0.0133. The molecule has 2 aromatic carbocycles. The standard InChI is InChI=1S/C30H31N3O3S/c1-4-33(5-2)24-10-7-21(8-11-24)22-9-13-26-29(18-22)37-28-17-20(6-12-25(28)32(26)3)16-23(19-31)27(34)14-15-30(35)36/h6-13,16-18,25,28H,4-5,14-15H2,1-3H3,(H,35,36)/b23-16+. The summed E-state index contributed by atoms with van der Waals surface area (Å²) < 4.78 is 0. The molecule has 2 unspecified atom stereocenters. The number of allylic oxidation sites excluding steroid dienone is 4. The fourth-order valence-corrected chi connectivity index (χ4v) is 6.21. The van der Waals surface area contributed by atoms with Crippen LogP contribution in [0.1, 0.15) is 26.7 Å². The maximum atomic E-state index is 12.3. The maximum Gasteiger partial charge on any atom is 0.303 e. The lowest BCUT2D eigenvalue weighted by molar-refractivity contribution is -0.138. The number of hydrogen-bond donors (Lipinski definition) is 1. The van der Waals surface area contributed by atoms with Crippen LogP contribution < -0.4 is 9.80 Å². The quantitative estimate of drug-likeness (QED) is 0.332. The van der Waals surface area contributed by atoms with E-state index in [-0.39, 0.29) is 29.7 Å². The molecule has 37 heavy (non-hydrogen) atoms. The largest absolute Gasteiger partial charge is 0.481 e. The zero-order valence-corrected chi connectivity index (χ0v) is 22.2. The molecular weight excluding hydrogens is 482 g/mol. The Hall–Kier alpha value is -3.76. The van der Waals surface area contributed by atoms with Gasteiger partial charge in [0.2, 0.25) is 0 Å². The third kappa shape index (κ3) is 5.81. The van der Waals surface area contributed by atoms with E-state index in [1.54, 1.807) is 17.8 Å². The lowest BCUT2D eigenvalue weighted by atomic mass is 9.97. The van der Waals surface area contributed by atoms with Crippen LogP contribution in [-0.2, 0) is 9.59 Å². The molecule has 2 atom stereocenters. The number of aliphatic carboxylic acids is 1. The van der Waals surface area contributed by atoms with Gasteiger partial charge in [0, 0.05) is 37.1 Å².